The van der Waals surface area contributed by atoms with Crippen molar-refractivity contribution in [1.82, 2.24) is 4.72 Å². The van der Waals surface area contributed by atoms with Crippen molar-refractivity contribution in [3.05, 3.63) is 77.9 Å². The van der Waals surface area contributed by atoms with Crippen LogP contribution in [0.15, 0.2) is 71.6 Å². The summed E-state index contributed by atoms with van der Waals surface area (Å²) in [4.78, 5) is 0.324. The highest BCUT2D eigenvalue weighted by Gasteiger charge is 2.22. The van der Waals surface area contributed by atoms with Gasteiger partial charge in [0, 0.05) is 11.4 Å². The molecule has 0 aliphatic rings. The van der Waals surface area contributed by atoms with Crippen molar-refractivity contribution in [2.24, 2.45) is 5.73 Å². The third-order valence-corrected chi connectivity index (χ3v) is 6.43. The van der Waals surface area contributed by atoms with Crippen molar-refractivity contribution in [2.45, 2.75) is 37.1 Å². The van der Waals surface area contributed by atoms with Gasteiger partial charge in [-0.15, -0.1) is 0 Å². The molecule has 0 heterocycles. The van der Waals surface area contributed by atoms with E-state index < -0.39 is 10.0 Å². The Hall–Kier alpha value is -2.21. The maximum absolute atomic E-state index is 13.1. The molecule has 0 saturated carbocycles. The zero-order valence-electron chi connectivity index (χ0n) is 15.6. The van der Waals surface area contributed by atoms with E-state index >= 15 is 0 Å². The second-order valence-corrected chi connectivity index (χ2v) is 8.53. The molecule has 0 fully saturated rings. The van der Waals surface area contributed by atoms with E-state index in [1.54, 1.807) is 6.07 Å². The molecule has 0 unspecified atom stereocenters. The fourth-order valence-electron chi connectivity index (χ4n) is 3.39. The molecule has 3 aromatic rings. The van der Waals surface area contributed by atoms with Crippen LogP contribution >= 0.6 is 0 Å². The summed E-state index contributed by atoms with van der Waals surface area (Å²) in [6, 6.07) is 21.1. The second-order valence-electron chi connectivity index (χ2n) is 6.85. The normalized spacial score (nSPS) is 13.0. The van der Waals surface area contributed by atoms with E-state index in [1.165, 1.54) is 5.56 Å². The Labute approximate surface area is 161 Å². The van der Waals surface area contributed by atoms with Gasteiger partial charge in [0.05, 0.1) is 4.90 Å². The minimum atomic E-state index is -3.63. The summed E-state index contributed by atoms with van der Waals surface area (Å²) in [5, 5.41) is 1.71. The van der Waals surface area contributed by atoms with Crippen molar-refractivity contribution >= 4 is 20.8 Å². The van der Waals surface area contributed by atoms with Crippen LogP contribution in [0.4, 0.5) is 0 Å². The van der Waals surface area contributed by atoms with Crippen LogP contribution < -0.4 is 10.5 Å². The third-order valence-electron chi connectivity index (χ3n) is 4.85. The van der Waals surface area contributed by atoms with Crippen LogP contribution in [0.5, 0.6) is 0 Å². The predicted octanol–water partition coefficient (Wildman–Crippen LogP) is 3.78. The molecule has 4 nitrogen and oxygen atoms in total. The van der Waals surface area contributed by atoms with Gasteiger partial charge in [0.15, 0.2) is 0 Å². The number of nitrogens with two attached hydrogens (primary N) is 1. The standard InChI is InChI=1S/C22H26N2O2S/c1-17-11-14-22(21-10-6-5-9-20(17)21)27(25,26)24-19(15-16-23)13-12-18-7-3-2-4-8-18/h2-11,14,19,24H,12-13,15-16,23H2,1H3/t19-/m0/s1. The number of aryl methyl sites for hydroxylation is 2. The molecule has 0 aliphatic heterocycles. The highest BCUT2D eigenvalue weighted by atomic mass is 32.2. The monoisotopic (exact) mass is 382 g/mol. The molecular formula is C22H26N2O2S. The van der Waals surface area contributed by atoms with Crippen molar-refractivity contribution in [3.63, 3.8) is 0 Å². The van der Waals surface area contributed by atoms with E-state index in [0.717, 1.165) is 22.8 Å². The highest BCUT2D eigenvalue weighted by molar-refractivity contribution is 7.89. The molecule has 27 heavy (non-hydrogen) atoms. The first kappa shape index (κ1) is 19.5. The van der Waals surface area contributed by atoms with Crippen LogP contribution in [0, 0.1) is 6.92 Å². The van der Waals surface area contributed by atoms with Crippen LogP contribution in [0.25, 0.3) is 10.8 Å². The van der Waals surface area contributed by atoms with Gasteiger partial charge in [0.2, 0.25) is 10.0 Å². The molecule has 3 aromatic carbocycles. The topological polar surface area (TPSA) is 72.2 Å². The lowest BCUT2D eigenvalue weighted by Crippen LogP contribution is -2.36. The van der Waals surface area contributed by atoms with Gasteiger partial charge >= 0.3 is 0 Å². The quantitative estimate of drug-likeness (QED) is 0.623. The average Bonchev–Trinajstić information content (AvgIpc) is 2.67. The molecule has 0 aromatic heterocycles. The molecule has 0 radical (unpaired) electrons. The molecule has 3 N–H and O–H groups in total. The Morgan fingerprint density at radius 2 is 1.56 bits per heavy atom. The first-order chi connectivity index (χ1) is 13.0. The molecule has 142 valence electrons. The fourth-order valence-corrected chi connectivity index (χ4v) is 4.90. The van der Waals surface area contributed by atoms with Gasteiger partial charge in [-0.3, -0.25) is 0 Å². The van der Waals surface area contributed by atoms with Gasteiger partial charge in [-0.2, -0.15) is 0 Å². The minimum Gasteiger partial charge on any atom is -0.330 e. The summed E-state index contributed by atoms with van der Waals surface area (Å²) in [5.41, 5.74) is 7.99. The molecule has 3 rings (SSSR count). The minimum absolute atomic E-state index is 0.194. The van der Waals surface area contributed by atoms with Crippen LogP contribution in [0.1, 0.15) is 24.0 Å². The third kappa shape index (κ3) is 4.75. The summed E-state index contributed by atoms with van der Waals surface area (Å²) in [6.07, 6.45) is 2.13. The smallest absolute Gasteiger partial charge is 0.241 e. The number of nitrogens with one attached hydrogen (secondary N) is 1. The van der Waals surface area contributed by atoms with Crippen LogP contribution in [0.2, 0.25) is 0 Å². The first-order valence-electron chi connectivity index (χ1n) is 9.26. The number of fused-ring (bicyclic) bond motifs is 1. The van der Waals surface area contributed by atoms with E-state index in [-0.39, 0.29) is 6.04 Å². The molecule has 0 amide bonds. The Kier molecular flexibility index (Phi) is 6.26. The van der Waals surface area contributed by atoms with Crippen LogP contribution in [-0.2, 0) is 16.4 Å². The van der Waals surface area contributed by atoms with Gasteiger partial charge in [-0.25, -0.2) is 13.1 Å². The zero-order valence-corrected chi connectivity index (χ0v) is 16.4. The van der Waals surface area contributed by atoms with Crippen LogP contribution in [-0.4, -0.2) is 21.0 Å². The number of benzene rings is 3. The fraction of sp³-hybridized carbons (Fsp3) is 0.273. The number of rotatable bonds is 8. The lowest BCUT2D eigenvalue weighted by molar-refractivity contribution is 0.507. The van der Waals surface area contributed by atoms with Gasteiger partial charge in [-0.05, 0) is 55.3 Å². The summed E-state index contributed by atoms with van der Waals surface area (Å²) in [7, 11) is -3.63. The van der Waals surface area contributed by atoms with Gasteiger partial charge < -0.3 is 5.73 Å². The largest absolute Gasteiger partial charge is 0.330 e. The summed E-state index contributed by atoms with van der Waals surface area (Å²) in [5.74, 6) is 0. The number of sulfonamides is 1. The summed E-state index contributed by atoms with van der Waals surface area (Å²) in [6.45, 7) is 2.43. The molecule has 0 bridgehead atoms. The Morgan fingerprint density at radius 3 is 2.26 bits per heavy atom. The van der Waals surface area contributed by atoms with Crippen molar-refractivity contribution in [1.29, 1.82) is 0 Å². The van der Waals surface area contributed by atoms with E-state index in [9.17, 15) is 8.42 Å². The van der Waals surface area contributed by atoms with Crippen molar-refractivity contribution in [3.8, 4) is 0 Å². The SMILES string of the molecule is Cc1ccc(S(=O)(=O)N[C@H](CCN)CCc2ccccc2)c2ccccc12. The predicted molar refractivity (Wildman–Crippen MR) is 111 cm³/mol. The summed E-state index contributed by atoms with van der Waals surface area (Å²) >= 11 is 0. The first-order valence-corrected chi connectivity index (χ1v) is 10.7. The van der Waals surface area contributed by atoms with Crippen molar-refractivity contribution in [2.75, 3.05) is 6.54 Å². The van der Waals surface area contributed by atoms with Crippen LogP contribution in [0.3, 0.4) is 0 Å². The maximum Gasteiger partial charge on any atom is 0.241 e. The Balaban J connectivity index is 1.84. The average molecular weight is 383 g/mol. The second kappa shape index (κ2) is 8.65. The molecule has 5 heteroatoms. The molecule has 0 spiro atoms. The number of hydrogen-bond acceptors (Lipinski definition) is 3. The lowest BCUT2D eigenvalue weighted by atomic mass is 10.0. The maximum atomic E-state index is 13.1. The lowest BCUT2D eigenvalue weighted by Gasteiger charge is -2.19. The van der Waals surface area contributed by atoms with E-state index in [1.807, 2.05) is 55.5 Å². The van der Waals surface area contributed by atoms with Gasteiger partial charge in [-0.1, -0.05) is 60.7 Å². The highest BCUT2D eigenvalue weighted by Crippen LogP contribution is 2.26. The molecule has 0 aliphatic carbocycles. The zero-order chi connectivity index (χ0) is 19.3. The number of hydrogen-bond donors (Lipinski definition) is 2. The van der Waals surface area contributed by atoms with Gasteiger partial charge in [0.25, 0.3) is 0 Å². The molecule has 0 saturated heterocycles. The van der Waals surface area contributed by atoms with E-state index in [0.29, 0.717) is 24.3 Å². The Bertz CT molecular complexity index is 1000. The molecule has 1 atom stereocenters. The van der Waals surface area contributed by atoms with Crippen molar-refractivity contribution < 1.29 is 8.42 Å². The van der Waals surface area contributed by atoms with E-state index in [4.69, 9.17) is 5.73 Å². The van der Waals surface area contributed by atoms with E-state index in [2.05, 4.69) is 16.9 Å². The van der Waals surface area contributed by atoms with Gasteiger partial charge in [0.1, 0.15) is 0 Å². The summed E-state index contributed by atoms with van der Waals surface area (Å²) < 4.78 is 29.1. The Morgan fingerprint density at radius 1 is 0.889 bits per heavy atom. The molecular weight excluding hydrogens is 356 g/mol.